The van der Waals surface area contributed by atoms with Crippen LogP contribution in [0, 0.1) is 20.8 Å². The topological polar surface area (TPSA) is 84.1 Å². The van der Waals surface area contributed by atoms with Gasteiger partial charge in [0, 0.05) is 24.7 Å². The molecule has 190 valence electrons. The highest BCUT2D eigenvalue weighted by molar-refractivity contribution is 5.70. The van der Waals surface area contributed by atoms with Crippen molar-refractivity contribution in [2.75, 3.05) is 20.8 Å². The lowest BCUT2D eigenvalue weighted by atomic mass is 9.97. The standard InChI is InChI=1S/C28H33N3O5/c1-7-36-24-14-20-8-10-30-22(21(20)15-23(24)34-5)16-25(31(28(30)33)11-9-26(32)35-6)29-27-18(3)12-17(2)13-19(27)4/h12-16H,7-11H2,1-6H3/b29-25+. The number of ether oxygens (including phenoxy) is 3. The van der Waals surface area contributed by atoms with Gasteiger partial charge in [0.2, 0.25) is 0 Å². The molecule has 0 bridgehead atoms. The Morgan fingerprint density at radius 1 is 1.03 bits per heavy atom. The third-order valence-electron chi connectivity index (χ3n) is 6.49. The van der Waals surface area contributed by atoms with E-state index in [9.17, 15) is 9.59 Å². The minimum Gasteiger partial charge on any atom is -0.493 e. The van der Waals surface area contributed by atoms with E-state index in [0.29, 0.717) is 36.6 Å². The summed E-state index contributed by atoms with van der Waals surface area (Å²) in [7, 11) is 2.95. The molecule has 1 aliphatic heterocycles. The van der Waals surface area contributed by atoms with Gasteiger partial charge >= 0.3 is 11.7 Å². The molecule has 0 unspecified atom stereocenters. The van der Waals surface area contributed by atoms with E-state index in [1.165, 1.54) is 7.11 Å². The number of esters is 1. The SMILES string of the molecule is CCOc1cc2c(cc1OC)-c1c/c(=N\c3c(C)cc(C)cc3C)n(CCC(=O)OC)c(=O)n1CC2. The van der Waals surface area contributed by atoms with Crippen LogP contribution in [0.5, 0.6) is 11.5 Å². The second kappa shape index (κ2) is 10.4. The second-order valence-corrected chi connectivity index (χ2v) is 9.00. The van der Waals surface area contributed by atoms with Crippen LogP contribution in [0.25, 0.3) is 11.3 Å². The van der Waals surface area contributed by atoms with Gasteiger partial charge in [0.25, 0.3) is 0 Å². The number of benzene rings is 2. The van der Waals surface area contributed by atoms with Crippen molar-refractivity contribution in [3.05, 3.63) is 68.6 Å². The summed E-state index contributed by atoms with van der Waals surface area (Å²) in [6, 6.07) is 10.00. The number of hydrogen-bond donors (Lipinski definition) is 0. The maximum absolute atomic E-state index is 13.7. The van der Waals surface area contributed by atoms with E-state index in [2.05, 4.69) is 12.1 Å². The van der Waals surface area contributed by atoms with Crippen molar-refractivity contribution in [1.29, 1.82) is 0 Å². The number of carbonyl (C=O) groups excluding carboxylic acids is 1. The monoisotopic (exact) mass is 491 g/mol. The third kappa shape index (κ3) is 4.80. The highest BCUT2D eigenvalue weighted by Gasteiger charge is 2.23. The Bertz CT molecular complexity index is 1430. The first-order valence-electron chi connectivity index (χ1n) is 12.2. The highest BCUT2D eigenvalue weighted by atomic mass is 16.5. The number of nitrogens with zero attached hydrogens (tertiary/aromatic N) is 3. The molecule has 0 atom stereocenters. The third-order valence-corrected chi connectivity index (χ3v) is 6.49. The predicted molar refractivity (Wildman–Crippen MR) is 138 cm³/mol. The lowest BCUT2D eigenvalue weighted by Gasteiger charge is -2.25. The molecule has 0 radical (unpaired) electrons. The predicted octanol–water partition coefficient (Wildman–Crippen LogP) is 4.00. The molecule has 0 saturated carbocycles. The fourth-order valence-corrected chi connectivity index (χ4v) is 4.84. The Morgan fingerprint density at radius 3 is 2.39 bits per heavy atom. The average Bonchev–Trinajstić information content (AvgIpc) is 2.85. The van der Waals surface area contributed by atoms with Gasteiger partial charge in [-0.3, -0.25) is 13.9 Å². The lowest BCUT2D eigenvalue weighted by molar-refractivity contribution is -0.140. The molecule has 8 heteroatoms. The second-order valence-electron chi connectivity index (χ2n) is 9.00. The van der Waals surface area contributed by atoms with Crippen LogP contribution >= 0.6 is 0 Å². The van der Waals surface area contributed by atoms with Crippen molar-refractivity contribution in [2.45, 2.75) is 53.6 Å². The van der Waals surface area contributed by atoms with E-state index in [-0.39, 0.29) is 24.6 Å². The van der Waals surface area contributed by atoms with Gasteiger partial charge < -0.3 is 14.2 Å². The van der Waals surface area contributed by atoms with Gasteiger partial charge in [-0.2, -0.15) is 0 Å². The molecule has 2 heterocycles. The van der Waals surface area contributed by atoms with Crippen LogP contribution in [0.4, 0.5) is 5.69 Å². The summed E-state index contributed by atoms with van der Waals surface area (Å²) >= 11 is 0. The minimum absolute atomic E-state index is 0.0757. The first-order chi connectivity index (χ1) is 17.3. The molecular weight excluding hydrogens is 458 g/mol. The van der Waals surface area contributed by atoms with Gasteiger partial charge in [-0.15, -0.1) is 0 Å². The maximum atomic E-state index is 13.7. The van der Waals surface area contributed by atoms with E-state index in [1.807, 2.05) is 45.9 Å². The Labute approximate surface area is 210 Å². The Morgan fingerprint density at radius 2 is 1.75 bits per heavy atom. The number of fused-ring (bicyclic) bond motifs is 3. The van der Waals surface area contributed by atoms with E-state index in [0.717, 1.165) is 39.2 Å². The molecule has 8 nitrogen and oxygen atoms in total. The highest BCUT2D eigenvalue weighted by Crippen LogP contribution is 2.37. The Kier molecular flexibility index (Phi) is 7.33. The number of methoxy groups -OCH3 is 2. The van der Waals surface area contributed by atoms with E-state index >= 15 is 0 Å². The summed E-state index contributed by atoms with van der Waals surface area (Å²) in [6.07, 6.45) is 0.752. The van der Waals surface area contributed by atoms with Gasteiger partial charge in [0.15, 0.2) is 11.5 Å². The lowest BCUT2D eigenvalue weighted by Crippen LogP contribution is -2.42. The van der Waals surface area contributed by atoms with Crippen LogP contribution in [-0.2, 0) is 29.0 Å². The molecule has 0 amide bonds. The molecule has 0 fully saturated rings. The molecule has 1 aromatic heterocycles. The van der Waals surface area contributed by atoms with Crippen molar-refractivity contribution in [3.63, 3.8) is 0 Å². The molecule has 36 heavy (non-hydrogen) atoms. The summed E-state index contributed by atoms with van der Waals surface area (Å²) in [5.74, 6) is 0.925. The first kappa shape index (κ1) is 25.3. The fourth-order valence-electron chi connectivity index (χ4n) is 4.84. The molecule has 0 saturated heterocycles. The summed E-state index contributed by atoms with van der Waals surface area (Å²) < 4.78 is 19.5. The van der Waals surface area contributed by atoms with E-state index in [4.69, 9.17) is 19.2 Å². The van der Waals surface area contributed by atoms with E-state index < -0.39 is 0 Å². The zero-order valence-corrected chi connectivity index (χ0v) is 21.8. The Balaban J connectivity index is 1.98. The van der Waals surface area contributed by atoms with Crippen molar-refractivity contribution >= 4 is 11.7 Å². The van der Waals surface area contributed by atoms with Crippen molar-refractivity contribution in [2.24, 2.45) is 4.99 Å². The Hall–Kier alpha value is -3.81. The molecule has 4 rings (SSSR count). The number of aromatic nitrogens is 2. The molecule has 0 spiro atoms. The van der Waals surface area contributed by atoms with Gasteiger partial charge in [0.1, 0.15) is 5.49 Å². The van der Waals surface area contributed by atoms with Crippen molar-refractivity contribution < 1.29 is 19.0 Å². The van der Waals surface area contributed by atoms with Crippen LogP contribution in [0.15, 0.2) is 40.1 Å². The van der Waals surface area contributed by atoms with Gasteiger partial charge in [0.05, 0.1) is 38.6 Å². The van der Waals surface area contributed by atoms with Gasteiger partial charge in [-0.25, -0.2) is 9.79 Å². The van der Waals surface area contributed by atoms with Crippen LogP contribution in [0.3, 0.4) is 0 Å². The summed E-state index contributed by atoms with van der Waals surface area (Å²) in [6.45, 7) is 9.23. The average molecular weight is 492 g/mol. The fraction of sp³-hybridized carbons (Fsp3) is 0.393. The summed E-state index contributed by atoms with van der Waals surface area (Å²) in [5, 5.41) is 0. The smallest absolute Gasteiger partial charge is 0.330 e. The number of rotatable bonds is 7. The molecule has 2 aromatic carbocycles. The minimum atomic E-state index is -0.378. The van der Waals surface area contributed by atoms with Crippen molar-refractivity contribution in [1.82, 2.24) is 9.13 Å². The van der Waals surface area contributed by atoms with Crippen LogP contribution < -0.4 is 20.7 Å². The zero-order chi connectivity index (χ0) is 26.0. The van der Waals surface area contributed by atoms with Gasteiger partial charge in [-0.05, 0) is 62.9 Å². The number of aryl methyl sites for hydroxylation is 4. The van der Waals surface area contributed by atoms with Crippen LogP contribution in [-0.4, -0.2) is 35.9 Å². The molecule has 1 aliphatic rings. The normalized spacial score (nSPS) is 12.7. The summed E-state index contributed by atoms with van der Waals surface area (Å²) in [5.41, 5.74) is 7.05. The molecular formula is C28H33N3O5. The quantitative estimate of drug-likeness (QED) is 0.467. The van der Waals surface area contributed by atoms with Gasteiger partial charge in [-0.1, -0.05) is 17.7 Å². The zero-order valence-electron chi connectivity index (χ0n) is 21.8. The summed E-state index contributed by atoms with van der Waals surface area (Å²) in [4.78, 5) is 30.6. The van der Waals surface area contributed by atoms with Crippen LogP contribution in [0.1, 0.15) is 35.6 Å². The first-order valence-corrected chi connectivity index (χ1v) is 12.2. The van der Waals surface area contributed by atoms with Crippen molar-refractivity contribution in [3.8, 4) is 22.8 Å². The molecule has 0 aliphatic carbocycles. The number of hydrogen-bond acceptors (Lipinski definition) is 6. The molecule has 3 aromatic rings. The number of carbonyl (C=O) groups is 1. The largest absolute Gasteiger partial charge is 0.493 e. The maximum Gasteiger partial charge on any atom is 0.330 e. The van der Waals surface area contributed by atoms with E-state index in [1.54, 1.807) is 16.2 Å². The van der Waals surface area contributed by atoms with Crippen LogP contribution in [0.2, 0.25) is 0 Å². The molecule has 0 N–H and O–H groups in total.